The van der Waals surface area contributed by atoms with Crippen LogP contribution >= 0.6 is 0 Å². The van der Waals surface area contributed by atoms with Crippen molar-refractivity contribution in [2.45, 2.75) is 6.92 Å². The lowest BCUT2D eigenvalue weighted by Crippen LogP contribution is -2.12. The summed E-state index contributed by atoms with van der Waals surface area (Å²) in [5, 5.41) is 12.0. The summed E-state index contributed by atoms with van der Waals surface area (Å²) in [6.45, 7) is 1.95. The first kappa shape index (κ1) is 15.6. The SMILES string of the molecule is Cc1ccc(C(=O)Nc2cc(C(=O)O)cc(-c3ccc[nH]3)c2)cc1. The summed E-state index contributed by atoms with van der Waals surface area (Å²) in [4.78, 5) is 26.7. The summed E-state index contributed by atoms with van der Waals surface area (Å²) >= 11 is 0. The van der Waals surface area contributed by atoms with Crippen LogP contribution in [0.1, 0.15) is 26.3 Å². The predicted molar refractivity (Wildman–Crippen MR) is 92.3 cm³/mol. The van der Waals surface area contributed by atoms with Gasteiger partial charge >= 0.3 is 5.97 Å². The third-order valence-electron chi connectivity index (χ3n) is 3.66. The molecule has 0 aliphatic rings. The lowest BCUT2D eigenvalue weighted by molar-refractivity contribution is 0.0696. The minimum Gasteiger partial charge on any atom is -0.478 e. The van der Waals surface area contributed by atoms with Crippen LogP contribution in [0.2, 0.25) is 0 Å². The maximum Gasteiger partial charge on any atom is 0.335 e. The molecule has 2 aromatic carbocycles. The zero-order chi connectivity index (χ0) is 17.1. The van der Waals surface area contributed by atoms with Gasteiger partial charge < -0.3 is 15.4 Å². The fraction of sp³-hybridized carbons (Fsp3) is 0.0526. The van der Waals surface area contributed by atoms with E-state index in [9.17, 15) is 14.7 Å². The molecular formula is C19H16N2O3. The van der Waals surface area contributed by atoms with Crippen molar-refractivity contribution in [3.63, 3.8) is 0 Å². The highest BCUT2D eigenvalue weighted by Gasteiger charge is 2.12. The zero-order valence-corrected chi connectivity index (χ0v) is 13.0. The zero-order valence-electron chi connectivity index (χ0n) is 13.0. The molecule has 0 bridgehead atoms. The average Bonchev–Trinajstić information content (AvgIpc) is 3.09. The molecule has 0 saturated carbocycles. The number of amides is 1. The molecule has 0 atom stereocenters. The summed E-state index contributed by atoms with van der Waals surface area (Å²) in [5.41, 5.74) is 3.60. The molecule has 3 rings (SSSR count). The molecule has 3 N–H and O–H groups in total. The Kier molecular flexibility index (Phi) is 4.16. The molecule has 0 aliphatic carbocycles. The van der Waals surface area contributed by atoms with Crippen molar-refractivity contribution in [2.75, 3.05) is 5.32 Å². The second-order valence-corrected chi connectivity index (χ2v) is 5.51. The van der Waals surface area contributed by atoms with Crippen molar-refractivity contribution in [1.82, 2.24) is 4.98 Å². The standard InChI is InChI=1S/C19H16N2O3/c1-12-4-6-13(7-5-12)18(22)21-16-10-14(17-3-2-8-20-17)9-15(11-16)19(23)24/h2-11,20H,1H3,(H,21,22)(H,23,24). The monoisotopic (exact) mass is 320 g/mol. The van der Waals surface area contributed by atoms with Crippen LogP contribution in [-0.2, 0) is 0 Å². The Bertz CT molecular complexity index is 881. The van der Waals surface area contributed by atoms with Crippen molar-refractivity contribution in [2.24, 2.45) is 0 Å². The van der Waals surface area contributed by atoms with Gasteiger partial charge in [-0.3, -0.25) is 4.79 Å². The Morgan fingerprint density at radius 1 is 1.00 bits per heavy atom. The first-order chi connectivity index (χ1) is 11.5. The van der Waals surface area contributed by atoms with E-state index in [-0.39, 0.29) is 11.5 Å². The number of hydrogen-bond acceptors (Lipinski definition) is 2. The highest BCUT2D eigenvalue weighted by molar-refractivity contribution is 6.05. The Morgan fingerprint density at radius 3 is 2.38 bits per heavy atom. The van der Waals surface area contributed by atoms with Gasteiger partial charge in [0.2, 0.25) is 0 Å². The fourth-order valence-electron chi connectivity index (χ4n) is 2.40. The highest BCUT2D eigenvalue weighted by atomic mass is 16.4. The van der Waals surface area contributed by atoms with Crippen LogP contribution in [0.25, 0.3) is 11.3 Å². The van der Waals surface area contributed by atoms with Gasteiger partial charge in [-0.2, -0.15) is 0 Å². The normalized spacial score (nSPS) is 10.4. The number of rotatable bonds is 4. The first-order valence-electron chi connectivity index (χ1n) is 7.43. The second-order valence-electron chi connectivity index (χ2n) is 5.51. The molecule has 0 aliphatic heterocycles. The van der Waals surface area contributed by atoms with Crippen LogP contribution in [0, 0.1) is 6.92 Å². The lowest BCUT2D eigenvalue weighted by atomic mass is 10.1. The largest absolute Gasteiger partial charge is 0.478 e. The second kappa shape index (κ2) is 6.42. The molecule has 1 aromatic heterocycles. The molecule has 5 heteroatoms. The van der Waals surface area contributed by atoms with Crippen LogP contribution in [0.4, 0.5) is 5.69 Å². The van der Waals surface area contributed by atoms with Gasteiger partial charge in [0.1, 0.15) is 0 Å². The molecule has 1 heterocycles. The Labute approximate surface area is 139 Å². The smallest absolute Gasteiger partial charge is 0.335 e. The molecule has 5 nitrogen and oxygen atoms in total. The number of carboxylic acid groups (broad SMARTS) is 1. The third kappa shape index (κ3) is 3.35. The van der Waals surface area contributed by atoms with Crippen LogP contribution in [0.5, 0.6) is 0 Å². The maximum absolute atomic E-state index is 12.3. The lowest BCUT2D eigenvalue weighted by Gasteiger charge is -2.09. The van der Waals surface area contributed by atoms with Crippen molar-refractivity contribution < 1.29 is 14.7 Å². The minimum atomic E-state index is -1.05. The number of carbonyl (C=O) groups excluding carboxylic acids is 1. The number of aromatic nitrogens is 1. The van der Waals surface area contributed by atoms with E-state index in [1.54, 1.807) is 30.5 Å². The molecule has 0 fully saturated rings. The first-order valence-corrected chi connectivity index (χ1v) is 7.43. The molecule has 0 saturated heterocycles. The molecule has 24 heavy (non-hydrogen) atoms. The fourth-order valence-corrected chi connectivity index (χ4v) is 2.40. The summed E-state index contributed by atoms with van der Waals surface area (Å²) in [6, 6.07) is 15.6. The Hall–Kier alpha value is -3.34. The molecule has 120 valence electrons. The van der Waals surface area contributed by atoms with Gasteiger partial charge in [0, 0.05) is 28.7 Å². The van der Waals surface area contributed by atoms with E-state index in [1.807, 2.05) is 31.2 Å². The third-order valence-corrected chi connectivity index (χ3v) is 3.66. The number of carbonyl (C=O) groups is 2. The Morgan fingerprint density at radius 2 is 1.75 bits per heavy atom. The number of aromatic carboxylic acids is 1. The molecule has 0 radical (unpaired) electrons. The number of anilines is 1. The number of H-pyrrole nitrogens is 1. The van der Waals surface area contributed by atoms with E-state index in [0.29, 0.717) is 16.8 Å². The van der Waals surface area contributed by atoms with Gasteiger partial charge in [0.15, 0.2) is 0 Å². The molecular weight excluding hydrogens is 304 g/mol. The quantitative estimate of drug-likeness (QED) is 0.681. The van der Waals surface area contributed by atoms with Crippen LogP contribution in [0.3, 0.4) is 0 Å². The summed E-state index contributed by atoms with van der Waals surface area (Å²) in [6.07, 6.45) is 1.76. The minimum absolute atomic E-state index is 0.112. The van der Waals surface area contributed by atoms with Gasteiger partial charge in [0.05, 0.1) is 5.56 Å². The van der Waals surface area contributed by atoms with Gasteiger partial charge in [-0.05, 0) is 49.4 Å². The van der Waals surface area contributed by atoms with Crippen molar-refractivity contribution in [1.29, 1.82) is 0 Å². The van der Waals surface area contributed by atoms with E-state index in [0.717, 1.165) is 11.3 Å². The maximum atomic E-state index is 12.3. The van der Waals surface area contributed by atoms with E-state index >= 15 is 0 Å². The van der Waals surface area contributed by atoms with E-state index in [2.05, 4.69) is 10.3 Å². The average molecular weight is 320 g/mol. The predicted octanol–water partition coefficient (Wildman–Crippen LogP) is 3.94. The van der Waals surface area contributed by atoms with Crippen molar-refractivity contribution in [3.8, 4) is 11.3 Å². The molecule has 0 spiro atoms. The van der Waals surface area contributed by atoms with Crippen molar-refractivity contribution >= 4 is 17.6 Å². The topological polar surface area (TPSA) is 82.2 Å². The number of benzene rings is 2. The van der Waals surface area contributed by atoms with Crippen LogP contribution < -0.4 is 5.32 Å². The number of aryl methyl sites for hydroxylation is 1. The summed E-state index contributed by atoms with van der Waals surface area (Å²) in [7, 11) is 0. The van der Waals surface area contributed by atoms with E-state index < -0.39 is 5.97 Å². The number of carboxylic acids is 1. The summed E-state index contributed by atoms with van der Waals surface area (Å²) < 4.78 is 0. The van der Waals surface area contributed by atoms with Gasteiger partial charge in [0.25, 0.3) is 5.91 Å². The van der Waals surface area contributed by atoms with Crippen LogP contribution in [0.15, 0.2) is 60.8 Å². The number of hydrogen-bond donors (Lipinski definition) is 3. The Balaban J connectivity index is 1.93. The van der Waals surface area contributed by atoms with Crippen LogP contribution in [-0.4, -0.2) is 22.0 Å². The molecule has 1 amide bonds. The van der Waals surface area contributed by atoms with Gasteiger partial charge in [-0.15, -0.1) is 0 Å². The highest BCUT2D eigenvalue weighted by Crippen LogP contribution is 2.24. The van der Waals surface area contributed by atoms with Gasteiger partial charge in [-0.1, -0.05) is 17.7 Å². The molecule has 3 aromatic rings. The van der Waals surface area contributed by atoms with E-state index in [4.69, 9.17) is 0 Å². The van der Waals surface area contributed by atoms with E-state index in [1.165, 1.54) is 6.07 Å². The number of nitrogens with one attached hydrogen (secondary N) is 2. The number of aromatic amines is 1. The van der Waals surface area contributed by atoms with Gasteiger partial charge in [-0.25, -0.2) is 4.79 Å². The van der Waals surface area contributed by atoms with Crippen molar-refractivity contribution in [3.05, 3.63) is 77.5 Å². The molecule has 0 unspecified atom stereocenters. The summed E-state index contributed by atoms with van der Waals surface area (Å²) in [5.74, 6) is -1.33.